The van der Waals surface area contributed by atoms with E-state index in [1.807, 2.05) is 30.3 Å². The fraction of sp³-hybridized carbons (Fsp3) is 0.333. The second-order valence-electron chi connectivity index (χ2n) is 9.95. The number of hydrogen-bond acceptors (Lipinski definition) is 2. The second kappa shape index (κ2) is 12.0. The molecule has 3 aromatic carbocycles. The minimum absolute atomic E-state index is 0.0455. The maximum atomic E-state index is 13.5. The number of alkyl halides is 3. The van der Waals surface area contributed by atoms with Crippen LogP contribution in [0, 0.1) is 17.0 Å². The summed E-state index contributed by atoms with van der Waals surface area (Å²) in [6, 6.07) is 17.9. The van der Waals surface area contributed by atoms with Crippen molar-refractivity contribution in [1.29, 1.82) is 0 Å². The average Bonchev–Trinajstić information content (AvgIpc) is 2.93. The van der Waals surface area contributed by atoms with Crippen LogP contribution in [-0.2, 0) is 35.2 Å². The Morgan fingerprint density at radius 2 is 1.51 bits per heavy atom. The molecule has 9 heteroatoms. The third-order valence-corrected chi connectivity index (χ3v) is 7.26. The van der Waals surface area contributed by atoms with Crippen molar-refractivity contribution >= 4 is 11.8 Å². The lowest BCUT2D eigenvalue weighted by molar-refractivity contribution is -0.140. The molecule has 1 aliphatic heterocycles. The smallest absolute Gasteiger partial charge is 0.352 e. The fourth-order valence-corrected chi connectivity index (χ4v) is 4.99. The maximum Gasteiger partial charge on any atom is 0.416 e. The average molecular weight is 545 g/mol. The summed E-state index contributed by atoms with van der Waals surface area (Å²) in [7, 11) is 0. The molecule has 1 saturated heterocycles. The summed E-state index contributed by atoms with van der Waals surface area (Å²) in [5, 5.41) is 2.83. The van der Waals surface area contributed by atoms with Gasteiger partial charge in [0.15, 0.2) is 11.6 Å². The van der Waals surface area contributed by atoms with Gasteiger partial charge in [0.1, 0.15) is 0 Å². The highest BCUT2D eigenvalue weighted by molar-refractivity contribution is 5.84. The van der Waals surface area contributed by atoms with Gasteiger partial charge in [-0.25, -0.2) is 8.78 Å². The number of piperidine rings is 1. The van der Waals surface area contributed by atoms with E-state index in [-0.39, 0.29) is 31.2 Å². The van der Waals surface area contributed by atoms with Gasteiger partial charge in [0.2, 0.25) is 11.8 Å². The first-order chi connectivity index (χ1) is 18.6. The normalized spacial score (nSPS) is 15.2. The van der Waals surface area contributed by atoms with E-state index in [9.17, 15) is 31.5 Å². The standard InChI is InChI=1S/C30H29F5N2O2/c31-25-11-9-21(18-26(25)32)10-12-27(38)37-15-13-29(14-16-37,19-22-5-2-1-3-6-22)28(39)36-20-23-7-4-8-24(17-23)30(33,34)35/h1-9,11,17-18H,10,12-16,19-20H2,(H,36,39). The molecule has 4 rings (SSSR count). The van der Waals surface area contributed by atoms with Crippen molar-refractivity contribution in [2.24, 2.45) is 5.41 Å². The van der Waals surface area contributed by atoms with Crippen LogP contribution in [0.3, 0.4) is 0 Å². The minimum Gasteiger partial charge on any atom is -0.352 e. The molecule has 1 heterocycles. The largest absolute Gasteiger partial charge is 0.416 e. The summed E-state index contributed by atoms with van der Waals surface area (Å²) < 4.78 is 65.9. The first-order valence-electron chi connectivity index (χ1n) is 12.8. The molecule has 0 unspecified atom stereocenters. The molecule has 0 atom stereocenters. The summed E-state index contributed by atoms with van der Waals surface area (Å²) in [5.41, 5.74) is 0.206. The number of nitrogens with one attached hydrogen (secondary N) is 1. The zero-order chi connectivity index (χ0) is 28.0. The highest BCUT2D eigenvalue weighted by Crippen LogP contribution is 2.36. The van der Waals surface area contributed by atoms with Gasteiger partial charge in [0.25, 0.3) is 0 Å². The molecular formula is C30H29F5N2O2. The number of halogens is 5. The SMILES string of the molecule is O=C(CCc1ccc(F)c(F)c1)N1CCC(Cc2ccccc2)(C(=O)NCc2cccc(C(F)(F)F)c2)CC1. The Morgan fingerprint density at radius 1 is 0.821 bits per heavy atom. The van der Waals surface area contributed by atoms with Crippen molar-refractivity contribution in [3.63, 3.8) is 0 Å². The molecule has 2 amide bonds. The van der Waals surface area contributed by atoms with Crippen LogP contribution >= 0.6 is 0 Å². The third kappa shape index (κ3) is 7.22. The minimum atomic E-state index is -4.47. The maximum absolute atomic E-state index is 13.5. The van der Waals surface area contributed by atoms with Gasteiger partial charge in [-0.05, 0) is 66.6 Å². The van der Waals surface area contributed by atoms with Crippen molar-refractivity contribution in [2.75, 3.05) is 13.1 Å². The van der Waals surface area contributed by atoms with Gasteiger partial charge in [-0.15, -0.1) is 0 Å². The fourth-order valence-electron chi connectivity index (χ4n) is 4.99. The number of hydrogen-bond donors (Lipinski definition) is 1. The first-order valence-corrected chi connectivity index (χ1v) is 12.8. The predicted molar refractivity (Wildman–Crippen MR) is 136 cm³/mol. The molecule has 3 aromatic rings. The Morgan fingerprint density at radius 3 is 2.18 bits per heavy atom. The lowest BCUT2D eigenvalue weighted by Gasteiger charge is -2.41. The van der Waals surface area contributed by atoms with Crippen molar-refractivity contribution in [2.45, 2.75) is 44.8 Å². The second-order valence-corrected chi connectivity index (χ2v) is 9.95. The van der Waals surface area contributed by atoms with Crippen LogP contribution in [0.4, 0.5) is 22.0 Å². The number of carbonyl (C=O) groups excluding carboxylic acids is 2. The van der Waals surface area contributed by atoms with Crippen molar-refractivity contribution in [3.05, 3.63) is 107 Å². The lowest BCUT2D eigenvalue weighted by Crippen LogP contribution is -2.51. The zero-order valence-corrected chi connectivity index (χ0v) is 21.2. The van der Waals surface area contributed by atoms with Crippen molar-refractivity contribution < 1.29 is 31.5 Å². The van der Waals surface area contributed by atoms with Gasteiger partial charge < -0.3 is 10.2 Å². The molecule has 0 spiro atoms. The van der Waals surface area contributed by atoms with Gasteiger partial charge >= 0.3 is 6.18 Å². The predicted octanol–water partition coefficient (Wildman–Crippen LogP) is 6.08. The number of nitrogens with zero attached hydrogens (tertiary/aromatic N) is 1. The molecule has 206 valence electrons. The molecule has 0 aromatic heterocycles. The summed E-state index contributed by atoms with van der Waals surface area (Å²) in [6.07, 6.45) is -2.89. The van der Waals surface area contributed by atoms with E-state index < -0.39 is 28.8 Å². The number of amides is 2. The van der Waals surface area contributed by atoms with Gasteiger partial charge in [0, 0.05) is 26.1 Å². The van der Waals surface area contributed by atoms with E-state index in [1.54, 1.807) is 4.90 Å². The molecule has 1 aliphatic rings. The summed E-state index contributed by atoms with van der Waals surface area (Å²) in [5.74, 6) is -2.31. The van der Waals surface area contributed by atoms with Crippen molar-refractivity contribution in [1.82, 2.24) is 10.2 Å². The molecule has 0 radical (unpaired) electrons. The summed E-state index contributed by atoms with van der Waals surface area (Å²) in [6.45, 7) is 0.622. The number of rotatable bonds is 8. The highest BCUT2D eigenvalue weighted by Gasteiger charge is 2.42. The molecule has 0 bridgehead atoms. The van der Waals surface area contributed by atoms with E-state index in [1.165, 1.54) is 18.2 Å². The van der Waals surface area contributed by atoms with E-state index in [2.05, 4.69) is 5.32 Å². The Bertz CT molecular complexity index is 1300. The van der Waals surface area contributed by atoms with Gasteiger partial charge in [-0.3, -0.25) is 9.59 Å². The van der Waals surface area contributed by atoms with Crippen LogP contribution in [0.15, 0.2) is 72.8 Å². The zero-order valence-electron chi connectivity index (χ0n) is 21.2. The van der Waals surface area contributed by atoms with E-state index >= 15 is 0 Å². The van der Waals surface area contributed by atoms with Crippen LogP contribution < -0.4 is 5.32 Å². The van der Waals surface area contributed by atoms with Crippen LogP contribution in [0.5, 0.6) is 0 Å². The Kier molecular flexibility index (Phi) is 8.67. The van der Waals surface area contributed by atoms with E-state index in [0.29, 0.717) is 43.5 Å². The van der Waals surface area contributed by atoms with Crippen LogP contribution in [0.2, 0.25) is 0 Å². The lowest BCUT2D eigenvalue weighted by atomic mass is 9.72. The van der Waals surface area contributed by atoms with Crippen LogP contribution in [0.1, 0.15) is 41.5 Å². The summed E-state index contributed by atoms with van der Waals surface area (Å²) in [4.78, 5) is 28.0. The third-order valence-electron chi connectivity index (χ3n) is 7.26. The van der Waals surface area contributed by atoms with Crippen molar-refractivity contribution in [3.8, 4) is 0 Å². The quantitative estimate of drug-likeness (QED) is 0.350. The van der Waals surface area contributed by atoms with Crippen LogP contribution in [-0.4, -0.2) is 29.8 Å². The molecular weight excluding hydrogens is 515 g/mol. The van der Waals surface area contributed by atoms with E-state index in [4.69, 9.17) is 0 Å². The molecule has 0 saturated carbocycles. The number of carbonyl (C=O) groups is 2. The summed E-state index contributed by atoms with van der Waals surface area (Å²) >= 11 is 0. The Labute approximate surface area is 223 Å². The monoisotopic (exact) mass is 544 g/mol. The number of likely N-dealkylation sites (tertiary alicyclic amines) is 1. The first kappa shape index (κ1) is 28.3. The molecule has 1 fully saturated rings. The topological polar surface area (TPSA) is 49.4 Å². The highest BCUT2D eigenvalue weighted by atomic mass is 19.4. The molecule has 1 N–H and O–H groups in total. The molecule has 4 nitrogen and oxygen atoms in total. The number of benzene rings is 3. The van der Waals surface area contributed by atoms with Gasteiger partial charge in [-0.2, -0.15) is 13.2 Å². The van der Waals surface area contributed by atoms with E-state index in [0.717, 1.165) is 29.8 Å². The molecule has 0 aliphatic carbocycles. The number of aryl methyl sites for hydroxylation is 1. The Hall–Kier alpha value is -3.75. The van der Waals surface area contributed by atoms with Crippen LogP contribution in [0.25, 0.3) is 0 Å². The molecule has 39 heavy (non-hydrogen) atoms. The van der Waals surface area contributed by atoms with Gasteiger partial charge in [-0.1, -0.05) is 48.5 Å². The van der Waals surface area contributed by atoms with Gasteiger partial charge in [0.05, 0.1) is 11.0 Å². The Balaban J connectivity index is 1.41.